The van der Waals surface area contributed by atoms with Crippen molar-refractivity contribution in [2.75, 3.05) is 19.5 Å². The summed E-state index contributed by atoms with van der Waals surface area (Å²) in [5.41, 5.74) is 2.98. The number of carbonyl (C=O) groups is 1. The smallest absolute Gasteiger partial charge is 0.263 e. The molecule has 2 aromatic carbocycles. The molecule has 28 heavy (non-hydrogen) atoms. The molecule has 0 bridgehead atoms. The van der Waals surface area contributed by atoms with Crippen LogP contribution in [0, 0.1) is 0 Å². The summed E-state index contributed by atoms with van der Waals surface area (Å²) in [5.74, 6) is 1.00. The Labute approximate surface area is 160 Å². The number of anilines is 1. The maximum atomic E-state index is 12.8. The Balaban J connectivity index is 1.65. The van der Waals surface area contributed by atoms with Gasteiger partial charge in [-0.15, -0.1) is 0 Å². The first-order valence-corrected chi connectivity index (χ1v) is 8.53. The van der Waals surface area contributed by atoms with Gasteiger partial charge >= 0.3 is 0 Å². The molecule has 1 amide bonds. The van der Waals surface area contributed by atoms with Crippen molar-refractivity contribution < 1.29 is 18.7 Å². The number of rotatable bonds is 5. The van der Waals surface area contributed by atoms with E-state index in [-0.39, 0.29) is 5.91 Å². The first kappa shape index (κ1) is 17.5. The van der Waals surface area contributed by atoms with Crippen LogP contribution in [0.5, 0.6) is 11.5 Å². The van der Waals surface area contributed by atoms with Gasteiger partial charge in [0, 0.05) is 29.7 Å². The summed E-state index contributed by atoms with van der Waals surface area (Å²) in [5, 5.41) is 2.85. The van der Waals surface area contributed by atoms with E-state index in [2.05, 4.69) is 15.3 Å². The SMILES string of the molecule is COc1cccc(OC)c1C(=O)Nc1ccc2nc(-c3ccncc3)oc2c1. The van der Waals surface area contributed by atoms with E-state index in [0.717, 1.165) is 5.56 Å². The molecular weight excluding hydrogens is 358 g/mol. The third-order valence-corrected chi connectivity index (χ3v) is 4.23. The van der Waals surface area contributed by atoms with Crippen molar-refractivity contribution in [1.29, 1.82) is 0 Å². The zero-order chi connectivity index (χ0) is 19.5. The van der Waals surface area contributed by atoms with Gasteiger partial charge in [0.1, 0.15) is 22.6 Å². The van der Waals surface area contributed by atoms with E-state index in [1.54, 1.807) is 48.8 Å². The largest absolute Gasteiger partial charge is 0.496 e. The van der Waals surface area contributed by atoms with Crippen LogP contribution in [0.3, 0.4) is 0 Å². The van der Waals surface area contributed by atoms with Crippen LogP contribution < -0.4 is 14.8 Å². The molecule has 0 aliphatic heterocycles. The number of fused-ring (bicyclic) bond motifs is 1. The Morgan fingerprint density at radius 3 is 2.39 bits per heavy atom. The average molecular weight is 375 g/mol. The van der Waals surface area contributed by atoms with Gasteiger partial charge in [-0.3, -0.25) is 9.78 Å². The molecule has 2 heterocycles. The van der Waals surface area contributed by atoms with Crippen LogP contribution in [0.2, 0.25) is 0 Å². The van der Waals surface area contributed by atoms with Gasteiger partial charge in [0.05, 0.1) is 14.2 Å². The summed E-state index contributed by atoms with van der Waals surface area (Å²) < 4.78 is 16.4. The Morgan fingerprint density at radius 1 is 1.00 bits per heavy atom. The van der Waals surface area contributed by atoms with E-state index in [1.807, 2.05) is 12.1 Å². The number of oxazole rings is 1. The number of methoxy groups -OCH3 is 2. The molecule has 0 saturated carbocycles. The Morgan fingerprint density at radius 2 is 1.71 bits per heavy atom. The lowest BCUT2D eigenvalue weighted by atomic mass is 10.1. The van der Waals surface area contributed by atoms with Crippen molar-refractivity contribution in [3.63, 3.8) is 0 Å². The zero-order valence-electron chi connectivity index (χ0n) is 15.3. The number of ether oxygens (including phenoxy) is 2. The predicted molar refractivity (Wildman–Crippen MR) is 105 cm³/mol. The van der Waals surface area contributed by atoms with Crippen LogP contribution in [-0.2, 0) is 0 Å². The number of hydrogen-bond acceptors (Lipinski definition) is 6. The second-order valence-corrected chi connectivity index (χ2v) is 5.93. The highest BCUT2D eigenvalue weighted by molar-refractivity contribution is 6.08. The fourth-order valence-corrected chi connectivity index (χ4v) is 2.89. The molecule has 7 heteroatoms. The minimum Gasteiger partial charge on any atom is -0.496 e. The van der Waals surface area contributed by atoms with Gasteiger partial charge in [-0.05, 0) is 36.4 Å². The second-order valence-electron chi connectivity index (χ2n) is 5.93. The molecule has 7 nitrogen and oxygen atoms in total. The fourth-order valence-electron chi connectivity index (χ4n) is 2.89. The number of nitrogens with one attached hydrogen (secondary N) is 1. The average Bonchev–Trinajstić information content (AvgIpc) is 3.17. The lowest BCUT2D eigenvalue weighted by molar-refractivity contribution is 0.102. The highest BCUT2D eigenvalue weighted by atomic mass is 16.5. The molecule has 4 aromatic rings. The molecule has 4 rings (SSSR count). The first-order chi connectivity index (χ1) is 13.7. The minimum absolute atomic E-state index is 0.322. The number of nitrogens with zero attached hydrogens (tertiary/aromatic N) is 2. The first-order valence-electron chi connectivity index (χ1n) is 8.53. The standard InChI is InChI=1S/C21H17N3O4/c1-26-16-4-3-5-17(27-2)19(16)20(25)23-14-6-7-15-18(12-14)28-21(24-15)13-8-10-22-11-9-13/h3-12H,1-2H3,(H,23,25). The number of benzene rings is 2. The Hall–Kier alpha value is -3.87. The molecule has 0 radical (unpaired) electrons. The number of hydrogen-bond donors (Lipinski definition) is 1. The molecule has 0 unspecified atom stereocenters. The highest BCUT2D eigenvalue weighted by Gasteiger charge is 2.19. The van der Waals surface area contributed by atoms with Crippen LogP contribution in [0.4, 0.5) is 5.69 Å². The van der Waals surface area contributed by atoms with Gasteiger partial charge in [0.25, 0.3) is 5.91 Å². The van der Waals surface area contributed by atoms with Crippen molar-refractivity contribution in [3.05, 3.63) is 66.5 Å². The van der Waals surface area contributed by atoms with Gasteiger partial charge in [-0.2, -0.15) is 0 Å². The summed E-state index contributed by atoms with van der Waals surface area (Å²) in [6.07, 6.45) is 3.35. The van der Waals surface area contributed by atoms with E-state index < -0.39 is 0 Å². The number of pyridine rings is 1. The van der Waals surface area contributed by atoms with E-state index in [0.29, 0.717) is 39.7 Å². The van der Waals surface area contributed by atoms with Gasteiger partial charge in [-0.1, -0.05) is 6.07 Å². The van der Waals surface area contributed by atoms with Crippen molar-refractivity contribution >= 4 is 22.7 Å². The van der Waals surface area contributed by atoms with Crippen molar-refractivity contribution in [2.45, 2.75) is 0 Å². The van der Waals surface area contributed by atoms with Crippen LogP contribution >= 0.6 is 0 Å². The van der Waals surface area contributed by atoms with Crippen molar-refractivity contribution in [2.24, 2.45) is 0 Å². The van der Waals surface area contributed by atoms with Crippen LogP contribution in [-0.4, -0.2) is 30.1 Å². The molecule has 0 atom stereocenters. The second kappa shape index (κ2) is 7.40. The quantitative estimate of drug-likeness (QED) is 0.564. The Bertz CT molecular complexity index is 1120. The lowest BCUT2D eigenvalue weighted by Gasteiger charge is -2.12. The molecule has 0 spiro atoms. The van der Waals surface area contributed by atoms with Crippen LogP contribution in [0.1, 0.15) is 10.4 Å². The highest BCUT2D eigenvalue weighted by Crippen LogP contribution is 2.30. The summed E-state index contributed by atoms with van der Waals surface area (Å²) >= 11 is 0. The third kappa shape index (κ3) is 3.25. The zero-order valence-corrected chi connectivity index (χ0v) is 15.3. The van der Waals surface area contributed by atoms with Crippen molar-refractivity contribution in [3.8, 4) is 23.0 Å². The topological polar surface area (TPSA) is 86.5 Å². The maximum absolute atomic E-state index is 12.8. The summed E-state index contributed by atoms with van der Waals surface area (Å²) in [7, 11) is 3.01. The van der Waals surface area contributed by atoms with E-state index in [4.69, 9.17) is 13.9 Å². The van der Waals surface area contributed by atoms with Gasteiger partial charge < -0.3 is 19.2 Å². The van der Waals surface area contributed by atoms with Crippen LogP contribution in [0.15, 0.2) is 65.3 Å². The lowest BCUT2D eigenvalue weighted by Crippen LogP contribution is -2.14. The molecular formula is C21H17N3O4. The van der Waals surface area contributed by atoms with E-state index >= 15 is 0 Å². The minimum atomic E-state index is -0.345. The molecule has 0 aliphatic rings. The number of carbonyl (C=O) groups excluding carboxylic acids is 1. The number of aromatic nitrogens is 2. The molecule has 2 aromatic heterocycles. The Kier molecular flexibility index (Phi) is 4.63. The maximum Gasteiger partial charge on any atom is 0.263 e. The molecule has 140 valence electrons. The molecule has 0 fully saturated rings. The molecule has 0 saturated heterocycles. The molecule has 1 N–H and O–H groups in total. The van der Waals surface area contributed by atoms with Crippen molar-refractivity contribution in [1.82, 2.24) is 9.97 Å². The number of amides is 1. The van der Waals surface area contributed by atoms with Crippen LogP contribution in [0.25, 0.3) is 22.6 Å². The van der Waals surface area contributed by atoms with Gasteiger partial charge in [0.2, 0.25) is 5.89 Å². The summed E-state index contributed by atoms with van der Waals surface area (Å²) in [6, 6.07) is 14.1. The summed E-state index contributed by atoms with van der Waals surface area (Å²) in [6.45, 7) is 0. The fraction of sp³-hybridized carbons (Fsp3) is 0.0952. The normalized spacial score (nSPS) is 10.6. The summed E-state index contributed by atoms with van der Waals surface area (Å²) in [4.78, 5) is 21.3. The van der Waals surface area contributed by atoms with E-state index in [1.165, 1.54) is 14.2 Å². The predicted octanol–water partition coefficient (Wildman–Crippen LogP) is 4.16. The monoisotopic (exact) mass is 375 g/mol. The van der Waals surface area contributed by atoms with Gasteiger partial charge in [0.15, 0.2) is 5.58 Å². The molecule has 0 aliphatic carbocycles. The third-order valence-electron chi connectivity index (χ3n) is 4.23. The van der Waals surface area contributed by atoms with E-state index in [9.17, 15) is 4.79 Å². The van der Waals surface area contributed by atoms with Gasteiger partial charge in [-0.25, -0.2) is 4.98 Å².